The van der Waals surface area contributed by atoms with Gasteiger partial charge in [-0.1, -0.05) is 24.3 Å². The van der Waals surface area contributed by atoms with E-state index < -0.39 is 10.0 Å². The van der Waals surface area contributed by atoms with Crippen LogP contribution in [0, 0.1) is 0 Å². The number of rotatable bonds is 5. The largest absolute Gasteiger partial charge is 0.493 e. The SMILES string of the molecule is CN(C)S(=O)(=O)c1cccc(C(=O)/C=C\c2ccc3c(c2)CCO3)c1. The molecular formula is C19H19NO4S. The van der Waals surface area contributed by atoms with Gasteiger partial charge in [-0.15, -0.1) is 0 Å². The molecule has 0 aromatic heterocycles. The molecule has 0 fully saturated rings. The maximum atomic E-state index is 12.4. The number of hydrogen-bond acceptors (Lipinski definition) is 4. The highest BCUT2D eigenvalue weighted by molar-refractivity contribution is 7.89. The standard InChI is InChI=1S/C19H19NO4S/c1-20(2)25(22,23)17-5-3-4-15(13-17)18(21)8-6-14-7-9-19-16(12-14)10-11-24-19/h3-9,12-13H,10-11H2,1-2H3/b8-6-. The molecule has 0 spiro atoms. The van der Waals surface area contributed by atoms with Crippen LogP contribution in [0.15, 0.2) is 53.4 Å². The van der Waals surface area contributed by atoms with Crippen molar-refractivity contribution in [2.75, 3.05) is 20.7 Å². The average molecular weight is 357 g/mol. The number of carbonyl (C=O) groups is 1. The van der Waals surface area contributed by atoms with Gasteiger partial charge in [0, 0.05) is 26.1 Å². The fraction of sp³-hybridized carbons (Fsp3) is 0.211. The van der Waals surface area contributed by atoms with Gasteiger partial charge in [0.1, 0.15) is 5.75 Å². The van der Waals surface area contributed by atoms with Crippen molar-refractivity contribution in [2.24, 2.45) is 0 Å². The Morgan fingerprint density at radius 3 is 2.72 bits per heavy atom. The summed E-state index contributed by atoms with van der Waals surface area (Å²) in [6.07, 6.45) is 4.06. The maximum absolute atomic E-state index is 12.4. The summed E-state index contributed by atoms with van der Waals surface area (Å²) >= 11 is 0. The number of allylic oxidation sites excluding steroid dienone is 1. The van der Waals surface area contributed by atoms with Crippen LogP contribution in [-0.4, -0.2) is 39.2 Å². The Kier molecular flexibility index (Phi) is 4.74. The Hall–Kier alpha value is -2.44. The molecule has 0 aliphatic carbocycles. The van der Waals surface area contributed by atoms with E-state index in [0.717, 1.165) is 27.6 Å². The lowest BCUT2D eigenvalue weighted by atomic mass is 10.1. The molecule has 3 rings (SSSR count). The molecule has 25 heavy (non-hydrogen) atoms. The van der Waals surface area contributed by atoms with E-state index >= 15 is 0 Å². The third-order valence-electron chi connectivity index (χ3n) is 4.04. The molecule has 0 saturated carbocycles. The zero-order valence-corrected chi connectivity index (χ0v) is 14.9. The lowest BCUT2D eigenvalue weighted by molar-refractivity contribution is 0.104. The fourth-order valence-electron chi connectivity index (χ4n) is 2.60. The Bertz CT molecular complexity index is 946. The summed E-state index contributed by atoms with van der Waals surface area (Å²) in [5.41, 5.74) is 2.38. The Balaban J connectivity index is 1.82. The molecule has 1 aliphatic heterocycles. The summed E-state index contributed by atoms with van der Waals surface area (Å²) in [5, 5.41) is 0. The van der Waals surface area contributed by atoms with Gasteiger partial charge in [-0.3, -0.25) is 4.79 Å². The second kappa shape index (κ2) is 6.82. The quantitative estimate of drug-likeness (QED) is 0.610. The average Bonchev–Trinajstić information content (AvgIpc) is 3.07. The summed E-state index contributed by atoms with van der Waals surface area (Å²) < 4.78 is 30.9. The van der Waals surface area contributed by atoms with Crippen molar-refractivity contribution in [3.8, 4) is 5.75 Å². The molecule has 2 aromatic carbocycles. The van der Waals surface area contributed by atoms with Crippen molar-refractivity contribution in [2.45, 2.75) is 11.3 Å². The highest BCUT2D eigenvalue weighted by Gasteiger charge is 2.18. The number of carbonyl (C=O) groups excluding carboxylic acids is 1. The zero-order valence-electron chi connectivity index (χ0n) is 14.1. The van der Waals surface area contributed by atoms with Gasteiger partial charge in [-0.05, 0) is 41.5 Å². The molecule has 0 radical (unpaired) electrons. The fourth-order valence-corrected chi connectivity index (χ4v) is 3.55. The van der Waals surface area contributed by atoms with E-state index in [1.165, 1.54) is 32.3 Å². The van der Waals surface area contributed by atoms with Gasteiger partial charge in [0.05, 0.1) is 11.5 Å². The lowest BCUT2D eigenvalue weighted by Gasteiger charge is -2.11. The van der Waals surface area contributed by atoms with E-state index in [2.05, 4.69) is 0 Å². The maximum Gasteiger partial charge on any atom is 0.242 e. The minimum atomic E-state index is -3.56. The van der Waals surface area contributed by atoms with Gasteiger partial charge in [0.2, 0.25) is 10.0 Å². The van der Waals surface area contributed by atoms with E-state index in [9.17, 15) is 13.2 Å². The van der Waals surface area contributed by atoms with E-state index in [1.54, 1.807) is 18.2 Å². The van der Waals surface area contributed by atoms with Crippen LogP contribution in [0.2, 0.25) is 0 Å². The number of nitrogens with zero attached hydrogens (tertiary/aromatic N) is 1. The molecule has 0 amide bonds. The highest BCUT2D eigenvalue weighted by Crippen LogP contribution is 2.26. The van der Waals surface area contributed by atoms with Gasteiger partial charge < -0.3 is 4.74 Å². The van der Waals surface area contributed by atoms with Gasteiger partial charge in [0.15, 0.2) is 5.78 Å². The molecule has 5 nitrogen and oxygen atoms in total. The molecule has 0 atom stereocenters. The Morgan fingerprint density at radius 2 is 1.96 bits per heavy atom. The monoisotopic (exact) mass is 357 g/mol. The third-order valence-corrected chi connectivity index (χ3v) is 5.85. The summed E-state index contributed by atoms with van der Waals surface area (Å²) in [6.45, 7) is 0.689. The summed E-state index contributed by atoms with van der Waals surface area (Å²) in [4.78, 5) is 12.5. The van der Waals surface area contributed by atoms with Gasteiger partial charge >= 0.3 is 0 Å². The number of sulfonamides is 1. The molecule has 0 N–H and O–H groups in total. The van der Waals surface area contributed by atoms with Crippen molar-refractivity contribution < 1.29 is 17.9 Å². The van der Waals surface area contributed by atoms with Gasteiger partial charge in [-0.25, -0.2) is 12.7 Å². The number of benzene rings is 2. The Labute approximate surface area is 147 Å². The van der Waals surface area contributed by atoms with Crippen LogP contribution >= 0.6 is 0 Å². The predicted octanol–water partition coefficient (Wildman–Crippen LogP) is 2.77. The van der Waals surface area contributed by atoms with Crippen LogP contribution in [0.25, 0.3) is 6.08 Å². The molecule has 6 heteroatoms. The van der Waals surface area contributed by atoms with E-state index in [0.29, 0.717) is 12.2 Å². The van der Waals surface area contributed by atoms with Crippen LogP contribution in [0.3, 0.4) is 0 Å². The smallest absolute Gasteiger partial charge is 0.242 e. The first-order chi connectivity index (χ1) is 11.9. The van der Waals surface area contributed by atoms with Crippen LogP contribution in [0.4, 0.5) is 0 Å². The zero-order chi connectivity index (χ0) is 18.0. The molecule has 1 aliphatic rings. The first-order valence-electron chi connectivity index (χ1n) is 7.89. The van der Waals surface area contributed by atoms with Crippen molar-refractivity contribution >= 4 is 21.9 Å². The summed E-state index contributed by atoms with van der Waals surface area (Å²) in [6, 6.07) is 11.9. The van der Waals surface area contributed by atoms with E-state index in [-0.39, 0.29) is 10.7 Å². The second-order valence-corrected chi connectivity index (χ2v) is 8.13. The van der Waals surface area contributed by atoms with Crippen LogP contribution in [0.5, 0.6) is 5.75 Å². The van der Waals surface area contributed by atoms with Gasteiger partial charge in [0.25, 0.3) is 0 Å². The second-order valence-electron chi connectivity index (χ2n) is 5.98. The topological polar surface area (TPSA) is 63.7 Å². The normalized spacial score (nSPS) is 13.9. The third kappa shape index (κ3) is 3.65. The molecule has 0 saturated heterocycles. The first-order valence-corrected chi connectivity index (χ1v) is 9.33. The van der Waals surface area contributed by atoms with Crippen LogP contribution in [-0.2, 0) is 16.4 Å². The number of ketones is 1. The molecule has 2 aromatic rings. The molecule has 0 unspecified atom stereocenters. The Morgan fingerprint density at radius 1 is 1.16 bits per heavy atom. The van der Waals surface area contributed by atoms with E-state index in [4.69, 9.17) is 4.74 Å². The van der Waals surface area contributed by atoms with Crippen molar-refractivity contribution in [3.05, 3.63) is 65.2 Å². The van der Waals surface area contributed by atoms with E-state index in [1.807, 2.05) is 18.2 Å². The van der Waals surface area contributed by atoms with Crippen molar-refractivity contribution in [1.29, 1.82) is 0 Å². The molecular weight excluding hydrogens is 338 g/mol. The van der Waals surface area contributed by atoms with Crippen LogP contribution < -0.4 is 4.74 Å². The number of fused-ring (bicyclic) bond motifs is 1. The number of ether oxygens (including phenoxy) is 1. The number of hydrogen-bond donors (Lipinski definition) is 0. The summed E-state index contributed by atoms with van der Waals surface area (Å²) in [7, 11) is -0.644. The van der Waals surface area contributed by atoms with Gasteiger partial charge in [-0.2, -0.15) is 0 Å². The minimum absolute atomic E-state index is 0.103. The lowest BCUT2D eigenvalue weighted by Crippen LogP contribution is -2.22. The first kappa shape index (κ1) is 17.4. The summed E-state index contributed by atoms with van der Waals surface area (Å²) in [5.74, 6) is 0.651. The van der Waals surface area contributed by atoms with Crippen molar-refractivity contribution in [1.82, 2.24) is 4.31 Å². The highest BCUT2D eigenvalue weighted by atomic mass is 32.2. The molecule has 130 valence electrons. The minimum Gasteiger partial charge on any atom is -0.493 e. The predicted molar refractivity (Wildman–Crippen MR) is 96.3 cm³/mol. The molecule has 0 bridgehead atoms. The van der Waals surface area contributed by atoms with Crippen molar-refractivity contribution in [3.63, 3.8) is 0 Å². The molecule has 1 heterocycles. The van der Waals surface area contributed by atoms with Crippen LogP contribution in [0.1, 0.15) is 21.5 Å².